The first kappa shape index (κ1) is 22.4. The number of hydrogen-bond acceptors (Lipinski definition) is 5. The molecule has 1 unspecified atom stereocenters. The quantitative estimate of drug-likeness (QED) is 0.461. The van der Waals surface area contributed by atoms with Gasteiger partial charge in [0.15, 0.2) is 11.1 Å². The molecule has 1 aliphatic heterocycles. The Hall–Kier alpha value is -2.28. The molecular formula is C23H35N5OS. The monoisotopic (exact) mass is 429 g/mol. The minimum atomic E-state index is 0.149. The number of anilines is 1. The number of guanidine groups is 1. The van der Waals surface area contributed by atoms with Crippen LogP contribution in [0.15, 0.2) is 34.6 Å². The Labute approximate surface area is 184 Å². The van der Waals surface area contributed by atoms with Gasteiger partial charge in [0, 0.05) is 38.5 Å². The van der Waals surface area contributed by atoms with Crippen LogP contribution < -0.4 is 20.3 Å². The summed E-state index contributed by atoms with van der Waals surface area (Å²) in [7, 11) is 1.80. The molecular weight excluding hydrogens is 394 g/mol. The molecule has 0 amide bonds. The van der Waals surface area contributed by atoms with Crippen molar-refractivity contribution in [3.05, 3.63) is 40.9 Å². The minimum absolute atomic E-state index is 0.149. The number of hydrogen-bond donors (Lipinski definition) is 2. The number of rotatable bonds is 9. The lowest BCUT2D eigenvalue weighted by Crippen LogP contribution is -2.39. The van der Waals surface area contributed by atoms with Gasteiger partial charge < -0.3 is 20.3 Å². The van der Waals surface area contributed by atoms with Gasteiger partial charge in [0.25, 0.3) is 0 Å². The fourth-order valence-electron chi connectivity index (χ4n) is 3.37. The molecule has 1 atom stereocenters. The van der Waals surface area contributed by atoms with Crippen molar-refractivity contribution in [2.45, 2.75) is 46.1 Å². The van der Waals surface area contributed by atoms with Gasteiger partial charge in [0.05, 0.1) is 18.3 Å². The predicted molar refractivity (Wildman–Crippen MR) is 127 cm³/mol. The van der Waals surface area contributed by atoms with E-state index >= 15 is 0 Å². The number of thiazole rings is 1. The summed E-state index contributed by atoms with van der Waals surface area (Å²) in [6.07, 6.45) is 3.45. The Morgan fingerprint density at radius 2 is 1.93 bits per heavy atom. The van der Waals surface area contributed by atoms with E-state index in [9.17, 15) is 0 Å². The maximum Gasteiger partial charge on any atom is 0.191 e. The van der Waals surface area contributed by atoms with Gasteiger partial charge in [-0.05, 0) is 43.4 Å². The smallest absolute Gasteiger partial charge is 0.191 e. The Morgan fingerprint density at radius 1 is 1.20 bits per heavy atom. The Kier molecular flexibility index (Phi) is 8.37. The van der Waals surface area contributed by atoms with Gasteiger partial charge in [-0.15, -0.1) is 11.3 Å². The third-order valence-corrected chi connectivity index (χ3v) is 6.08. The fourth-order valence-corrected chi connectivity index (χ4v) is 4.29. The van der Waals surface area contributed by atoms with Gasteiger partial charge in [0.2, 0.25) is 0 Å². The van der Waals surface area contributed by atoms with Gasteiger partial charge in [-0.1, -0.05) is 26.0 Å². The number of nitrogens with zero attached hydrogens (tertiary/aromatic N) is 3. The first-order valence-corrected chi connectivity index (χ1v) is 11.8. The molecule has 1 fully saturated rings. The number of aromatic nitrogens is 1. The molecule has 30 heavy (non-hydrogen) atoms. The molecule has 6 nitrogen and oxygen atoms in total. The lowest BCUT2D eigenvalue weighted by atomic mass is 10.1. The molecule has 0 radical (unpaired) electrons. The summed E-state index contributed by atoms with van der Waals surface area (Å²) in [5, 5.41) is 10.2. The van der Waals surface area contributed by atoms with Crippen molar-refractivity contribution in [3.63, 3.8) is 0 Å². The highest BCUT2D eigenvalue weighted by Gasteiger charge is 2.15. The summed E-state index contributed by atoms with van der Waals surface area (Å²) in [4.78, 5) is 11.5. The summed E-state index contributed by atoms with van der Waals surface area (Å²) in [6.45, 7) is 10.3. The maximum absolute atomic E-state index is 5.77. The zero-order valence-electron chi connectivity index (χ0n) is 18.6. The van der Waals surface area contributed by atoms with E-state index in [4.69, 9.17) is 9.72 Å². The third kappa shape index (κ3) is 6.62. The lowest BCUT2D eigenvalue weighted by Gasteiger charge is -2.18. The topological polar surface area (TPSA) is 61.8 Å². The molecule has 1 aromatic carbocycles. The highest BCUT2D eigenvalue weighted by Crippen LogP contribution is 2.24. The molecule has 1 saturated heterocycles. The first-order valence-electron chi connectivity index (χ1n) is 10.9. The van der Waals surface area contributed by atoms with E-state index in [2.05, 4.69) is 58.8 Å². The third-order valence-electron chi connectivity index (χ3n) is 5.13. The largest absolute Gasteiger partial charge is 0.493 e. The second kappa shape index (κ2) is 11.2. The van der Waals surface area contributed by atoms with E-state index in [-0.39, 0.29) is 6.04 Å². The van der Waals surface area contributed by atoms with Gasteiger partial charge in [0.1, 0.15) is 5.75 Å². The van der Waals surface area contributed by atoms with Crippen LogP contribution in [0.4, 0.5) is 5.13 Å². The molecule has 2 aromatic rings. The van der Waals surface area contributed by atoms with Gasteiger partial charge in [-0.3, -0.25) is 4.99 Å². The second-order valence-electron chi connectivity index (χ2n) is 8.20. The van der Waals surface area contributed by atoms with Crippen molar-refractivity contribution >= 4 is 22.4 Å². The van der Waals surface area contributed by atoms with Crippen molar-refractivity contribution in [1.29, 1.82) is 0 Å². The molecule has 2 heterocycles. The highest BCUT2D eigenvalue weighted by molar-refractivity contribution is 7.13. The predicted octanol–water partition coefficient (Wildman–Crippen LogP) is 4.25. The highest BCUT2D eigenvalue weighted by atomic mass is 32.1. The van der Waals surface area contributed by atoms with Crippen molar-refractivity contribution in [2.75, 3.05) is 38.2 Å². The van der Waals surface area contributed by atoms with Crippen LogP contribution in [0.1, 0.15) is 50.9 Å². The Morgan fingerprint density at radius 3 is 2.60 bits per heavy atom. The molecule has 0 spiro atoms. The van der Waals surface area contributed by atoms with Gasteiger partial charge >= 0.3 is 0 Å². The van der Waals surface area contributed by atoms with Crippen molar-refractivity contribution in [3.8, 4) is 5.75 Å². The van der Waals surface area contributed by atoms with Gasteiger partial charge in [-0.2, -0.15) is 0 Å². The summed E-state index contributed by atoms with van der Waals surface area (Å²) >= 11 is 1.76. The lowest BCUT2D eigenvalue weighted by molar-refractivity contribution is 0.271. The average molecular weight is 430 g/mol. The summed E-state index contributed by atoms with van der Waals surface area (Å²) in [5.74, 6) is 2.24. The van der Waals surface area contributed by atoms with Gasteiger partial charge in [-0.25, -0.2) is 4.98 Å². The zero-order valence-corrected chi connectivity index (χ0v) is 19.5. The standard InChI is InChI=1S/C23H35N5OS/c1-17(2)15-29-21-9-7-19(8-10-21)18(3)26-22(24-4)25-12-11-20-16-30-23(27-20)28-13-5-6-14-28/h7-10,16-18H,5-6,11-15H2,1-4H3,(H2,24,25,26). The van der Waals surface area contributed by atoms with Crippen molar-refractivity contribution < 1.29 is 4.74 Å². The van der Waals surface area contributed by atoms with Crippen molar-refractivity contribution in [1.82, 2.24) is 15.6 Å². The summed E-state index contributed by atoms with van der Waals surface area (Å²) in [6, 6.07) is 8.43. The number of aliphatic imine (C=N–C) groups is 1. The van der Waals surface area contributed by atoms with Crippen LogP contribution in [0.5, 0.6) is 5.75 Å². The number of ether oxygens (including phenoxy) is 1. The Bertz CT molecular complexity index is 796. The zero-order chi connectivity index (χ0) is 21.3. The van der Waals surface area contributed by atoms with Crippen LogP contribution in [-0.2, 0) is 6.42 Å². The van der Waals surface area contributed by atoms with Crippen LogP contribution in [0.3, 0.4) is 0 Å². The van der Waals surface area contributed by atoms with E-state index in [1.807, 2.05) is 12.1 Å². The SMILES string of the molecule is CN=C(NCCc1csc(N2CCCC2)n1)NC(C)c1ccc(OCC(C)C)cc1. The van der Waals surface area contributed by atoms with Crippen LogP contribution in [0, 0.1) is 5.92 Å². The second-order valence-corrected chi connectivity index (χ2v) is 9.04. The normalized spacial score (nSPS) is 15.5. The molecule has 3 rings (SSSR count). The molecule has 7 heteroatoms. The number of benzene rings is 1. The Balaban J connectivity index is 1.43. The van der Waals surface area contributed by atoms with E-state index < -0.39 is 0 Å². The average Bonchev–Trinajstić information content (AvgIpc) is 3.43. The number of nitrogens with one attached hydrogen (secondary N) is 2. The maximum atomic E-state index is 5.77. The van der Waals surface area contributed by atoms with E-state index in [1.54, 1.807) is 18.4 Å². The molecule has 164 valence electrons. The summed E-state index contributed by atoms with van der Waals surface area (Å²) < 4.78 is 5.77. The van der Waals surface area contributed by atoms with E-state index in [0.717, 1.165) is 50.1 Å². The molecule has 2 N–H and O–H groups in total. The van der Waals surface area contributed by atoms with Crippen molar-refractivity contribution in [2.24, 2.45) is 10.9 Å². The molecule has 0 saturated carbocycles. The molecule has 1 aliphatic rings. The van der Waals surface area contributed by atoms with Crippen LogP contribution in [0.2, 0.25) is 0 Å². The van der Waals surface area contributed by atoms with E-state index in [0.29, 0.717) is 5.92 Å². The first-order chi connectivity index (χ1) is 14.5. The van der Waals surface area contributed by atoms with E-state index in [1.165, 1.54) is 23.5 Å². The van der Waals surface area contributed by atoms with Crippen LogP contribution >= 0.6 is 11.3 Å². The van der Waals surface area contributed by atoms with Crippen LogP contribution in [-0.4, -0.2) is 44.2 Å². The molecule has 0 aliphatic carbocycles. The van der Waals surface area contributed by atoms with Crippen LogP contribution in [0.25, 0.3) is 0 Å². The fraction of sp³-hybridized carbons (Fsp3) is 0.565. The molecule has 0 bridgehead atoms. The summed E-state index contributed by atoms with van der Waals surface area (Å²) in [5.41, 5.74) is 2.35. The minimum Gasteiger partial charge on any atom is -0.493 e. The molecule has 1 aromatic heterocycles.